The van der Waals surface area contributed by atoms with Crippen LogP contribution >= 0.6 is 0 Å². The number of pyridine rings is 1. The lowest BCUT2D eigenvalue weighted by Crippen LogP contribution is -1.76. The van der Waals surface area contributed by atoms with Crippen LogP contribution in [-0.2, 0) is 12.8 Å². The Hall–Kier alpha value is -2.87. The molecule has 0 saturated heterocycles. The van der Waals surface area contributed by atoms with Gasteiger partial charge < -0.3 is 5.11 Å². The Kier molecular flexibility index (Phi) is 3.43. The molecule has 1 aliphatic carbocycles. The summed E-state index contributed by atoms with van der Waals surface area (Å²) in [6.07, 6.45) is 4.13. The summed E-state index contributed by atoms with van der Waals surface area (Å²) in [6.45, 7) is 0. The van der Waals surface area contributed by atoms with Gasteiger partial charge in [-0.1, -0.05) is 54.6 Å². The molecule has 1 aliphatic rings. The van der Waals surface area contributed by atoms with Crippen LogP contribution in [0, 0.1) is 0 Å². The molecule has 5 rings (SSSR count). The fourth-order valence-corrected chi connectivity index (χ4v) is 3.28. The van der Waals surface area contributed by atoms with Crippen LogP contribution in [0.4, 0.5) is 0 Å². The molecule has 0 fully saturated rings. The van der Waals surface area contributed by atoms with Gasteiger partial charge in [-0.2, -0.15) is 0 Å². The Bertz CT molecular complexity index is 947. The Balaban J connectivity index is 0.000000118. The minimum Gasteiger partial charge on any atom is -0.506 e. The van der Waals surface area contributed by atoms with Crippen molar-refractivity contribution in [2.24, 2.45) is 0 Å². The monoisotopic (exact) mass is 299 g/mol. The van der Waals surface area contributed by atoms with Crippen LogP contribution in [0.1, 0.15) is 11.1 Å². The van der Waals surface area contributed by atoms with Gasteiger partial charge >= 0.3 is 0 Å². The number of hydrogen-bond acceptors (Lipinski definition) is 2. The van der Waals surface area contributed by atoms with Crippen LogP contribution in [0.15, 0.2) is 72.9 Å². The predicted molar refractivity (Wildman–Crippen MR) is 94.8 cm³/mol. The Morgan fingerprint density at radius 1 is 0.696 bits per heavy atom. The van der Waals surface area contributed by atoms with Gasteiger partial charge in [-0.25, -0.2) is 0 Å². The molecular weight excluding hydrogens is 282 g/mol. The van der Waals surface area contributed by atoms with E-state index in [0.29, 0.717) is 5.52 Å². The highest BCUT2D eigenvalue weighted by Crippen LogP contribution is 2.30. The highest BCUT2D eigenvalue weighted by Gasteiger charge is 2.11. The molecule has 2 heteroatoms. The van der Waals surface area contributed by atoms with Gasteiger partial charge in [-0.15, -0.1) is 0 Å². The Morgan fingerprint density at radius 2 is 1.30 bits per heavy atom. The van der Waals surface area contributed by atoms with Gasteiger partial charge in [0.15, 0.2) is 0 Å². The highest BCUT2D eigenvalue weighted by atomic mass is 16.3. The van der Waals surface area contributed by atoms with Crippen molar-refractivity contribution in [3.05, 3.63) is 84.1 Å². The lowest BCUT2D eigenvalue weighted by Gasteiger charge is -1.99. The van der Waals surface area contributed by atoms with Crippen molar-refractivity contribution in [3.8, 4) is 5.75 Å². The van der Waals surface area contributed by atoms with E-state index in [-0.39, 0.29) is 5.75 Å². The van der Waals surface area contributed by atoms with Crippen molar-refractivity contribution in [2.45, 2.75) is 12.8 Å². The van der Waals surface area contributed by atoms with Gasteiger partial charge in [0, 0.05) is 11.6 Å². The lowest BCUT2D eigenvalue weighted by molar-refractivity contribution is 0.480. The number of aromatic hydroxyl groups is 1. The molecule has 112 valence electrons. The third kappa shape index (κ3) is 2.53. The summed E-state index contributed by atoms with van der Waals surface area (Å²) in [5, 5.41) is 13.2. The average molecular weight is 299 g/mol. The summed E-state index contributed by atoms with van der Waals surface area (Å²) in [6, 6.07) is 22.3. The summed E-state index contributed by atoms with van der Waals surface area (Å²) in [5.74, 6) is 0.239. The second-order valence-electron chi connectivity index (χ2n) is 5.78. The van der Waals surface area contributed by atoms with Crippen molar-refractivity contribution >= 4 is 21.7 Å². The minimum absolute atomic E-state index is 0.239. The average Bonchev–Trinajstić information content (AvgIpc) is 3.02. The number of benzene rings is 3. The molecule has 23 heavy (non-hydrogen) atoms. The van der Waals surface area contributed by atoms with Gasteiger partial charge in [0.25, 0.3) is 0 Å². The number of fused-ring (bicyclic) bond motifs is 1. The number of para-hydroxylation sites is 1. The molecule has 0 saturated carbocycles. The fraction of sp³-hybridized carbons (Fsp3) is 0.0952. The number of phenols is 1. The van der Waals surface area contributed by atoms with Crippen LogP contribution < -0.4 is 0 Å². The van der Waals surface area contributed by atoms with Crippen molar-refractivity contribution in [2.75, 3.05) is 0 Å². The molecular formula is C21H17NO. The van der Waals surface area contributed by atoms with E-state index in [1.165, 1.54) is 34.7 Å². The molecule has 4 aromatic rings. The maximum Gasteiger partial charge on any atom is 0.141 e. The second-order valence-corrected chi connectivity index (χ2v) is 5.78. The summed E-state index contributed by atoms with van der Waals surface area (Å²) in [4.78, 5) is 4.03. The maximum absolute atomic E-state index is 9.31. The molecule has 0 bridgehead atoms. The largest absolute Gasteiger partial charge is 0.506 e. The predicted octanol–water partition coefficient (Wildman–Crippen LogP) is 4.88. The van der Waals surface area contributed by atoms with Gasteiger partial charge in [0.05, 0.1) is 0 Å². The summed E-state index contributed by atoms with van der Waals surface area (Å²) < 4.78 is 0. The van der Waals surface area contributed by atoms with Crippen LogP contribution in [0.2, 0.25) is 0 Å². The topological polar surface area (TPSA) is 33.1 Å². The summed E-state index contributed by atoms with van der Waals surface area (Å²) in [5.41, 5.74) is 3.72. The lowest BCUT2D eigenvalue weighted by atomic mass is 10.1. The first-order valence-electron chi connectivity index (χ1n) is 7.85. The third-order valence-electron chi connectivity index (χ3n) is 4.35. The van der Waals surface area contributed by atoms with Crippen molar-refractivity contribution in [1.29, 1.82) is 0 Å². The molecule has 0 atom stereocenters. The number of phenolic OH excluding ortho intramolecular Hbond substituents is 1. The molecule has 2 nitrogen and oxygen atoms in total. The second kappa shape index (κ2) is 5.73. The third-order valence-corrected chi connectivity index (χ3v) is 4.35. The standard InChI is InChI=1S/C12H10.C9H7NO/c1-3-9-4-2-6-11-8-7-10(5-1)12(9)11;11-8-5-1-3-7-4-2-6-10-9(7)8/h1-6H,7-8H2;1-6,11H. The number of aryl methyl sites for hydroxylation is 2. The highest BCUT2D eigenvalue weighted by molar-refractivity contribution is 5.90. The molecule has 1 aromatic heterocycles. The van der Waals surface area contributed by atoms with E-state index in [1.54, 1.807) is 18.3 Å². The Labute approximate surface area is 135 Å². The normalized spacial score (nSPS) is 12.2. The summed E-state index contributed by atoms with van der Waals surface area (Å²) >= 11 is 0. The van der Waals surface area contributed by atoms with Crippen molar-refractivity contribution in [3.63, 3.8) is 0 Å². The van der Waals surface area contributed by atoms with Gasteiger partial charge in [0.1, 0.15) is 11.3 Å². The van der Waals surface area contributed by atoms with E-state index in [2.05, 4.69) is 41.4 Å². The molecule has 0 unspecified atom stereocenters. The number of nitrogens with zero attached hydrogens (tertiary/aromatic N) is 1. The SMILES string of the molecule is Oc1cccc2cccnc12.c1cc2c3c(cccc3c1)CC2. The summed E-state index contributed by atoms with van der Waals surface area (Å²) in [7, 11) is 0. The molecule has 3 aromatic carbocycles. The van der Waals surface area contributed by atoms with Gasteiger partial charge in [-0.05, 0) is 46.9 Å². The maximum atomic E-state index is 9.31. The molecule has 1 N–H and O–H groups in total. The zero-order valence-corrected chi connectivity index (χ0v) is 12.7. The van der Waals surface area contributed by atoms with E-state index in [4.69, 9.17) is 0 Å². The number of rotatable bonds is 0. The zero-order valence-electron chi connectivity index (χ0n) is 12.7. The van der Waals surface area contributed by atoms with E-state index >= 15 is 0 Å². The molecule has 1 heterocycles. The molecule has 0 aliphatic heterocycles. The first kappa shape index (κ1) is 13.8. The zero-order chi connectivity index (χ0) is 15.6. The molecule has 0 amide bonds. The van der Waals surface area contributed by atoms with E-state index in [1.807, 2.05) is 18.2 Å². The molecule has 0 spiro atoms. The van der Waals surface area contributed by atoms with E-state index in [9.17, 15) is 5.11 Å². The van der Waals surface area contributed by atoms with Gasteiger partial charge in [-0.3, -0.25) is 4.98 Å². The van der Waals surface area contributed by atoms with Crippen LogP contribution in [0.3, 0.4) is 0 Å². The first-order valence-corrected chi connectivity index (χ1v) is 7.85. The van der Waals surface area contributed by atoms with Gasteiger partial charge in [0.2, 0.25) is 0 Å². The van der Waals surface area contributed by atoms with Crippen LogP contribution in [-0.4, -0.2) is 10.1 Å². The van der Waals surface area contributed by atoms with E-state index in [0.717, 1.165) is 5.39 Å². The van der Waals surface area contributed by atoms with E-state index < -0.39 is 0 Å². The Morgan fingerprint density at radius 3 is 2.00 bits per heavy atom. The number of hydrogen-bond donors (Lipinski definition) is 1. The fourth-order valence-electron chi connectivity index (χ4n) is 3.28. The minimum atomic E-state index is 0.239. The van der Waals surface area contributed by atoms with Crippen LogP contribution in [0.5, 0.6) is 5.75 Å². The first-order chi connectivity index (χ1) is 11.3. The van der Waals surface area contributed by atoms with Crippen molar-refractivity contribution < 1.29 is 5.11 Å². The smallest absolute Gasteiger partial charge is 0.141 e. The van der Waals surface area contributed by atoms with Crippen LogP contribution in [0.25, 0.3) is 21.7 Å². The van der Waals surface area contributed by atoms with Crippen molar-refractivity contribution in [1.82, 2.24) is 4.98 Å². The molecule has 0 radical (unpaired) electrons. The number of aromatic nitrogens is 1. The quantitative estimate of drug-likeness (QED) is 0.502.